The molecule has 1 aliphatic rings. The van der Waals surface area contributed by atoms with Gasteiger partial charge in [0, 0.05) is 35.3 Å². The van der Waals surface area contributed by atoms with Crippen LogP contribution in [-0.4, -0.2) is 36.7 Å². The van der Waals surface area contributed by atoms with Gasteiger partial charge >= 0.3 is 0 Å². The molecule has 4 rings (SSSR count). The third kappa shape index (κ3) is 4.71. The van der Waals surface area contributed by atoms with Crippen LogP contribution in [-0.2, 0) is 10.0 Å². The van der Waals surface area contributed by atoms with Crippen LogP contribution in [0.4, 0.5) is 5.69 Å². The van der Waals surface area contributed by atoms with Crippen molar-refractivity contribution in [1.29, 1.82) is 0 Å². The van der Waals surface area contributed by atoms with Gasteiger partial charge in [0.25, 0.3) is 5.91 Å². The zero-order chi connectivity index (χ0) is 22.0. The van der Waals surface area contributed by atoms with Gasteiger partial charge in [-0.1, -0.05) is 24.6 Å². The summed E-state index contributed by atoms with van der Waals surface area (Å²) in [5.41, 5.74) is 3.49. The fourth-order valence-electron chi connectivity index (χ4n) is 3.69. The summed E-state index contributed by atoms with van der Waals surface area (Å²) < 4.78 is 27.7. The molecular formula is C23H25N3O3S2. The summed E-state index contributed by atoms with van der Waals surface area (Å²) >= 11 is 1.59. The predicted octanol–water partition coefficient (Wildman–Crippen LogP) is 4.85. The van der Waals surface area contributed by atoms with Crippen molar-refractivity contribution in [2.45, 2.75) is 38.0 Å². The third-order valence-electron chi connectivity index (χ3n) is 5.44. The van der Waals surface area contributed by atoms with Crippen molar-refractivity contribution in [2.75, 3.05) is 18.4 Å². The van der Waals surface area contributed by atoms with Gasteiger partial charge in [-0.2, -0.15) is 4.31 Å². The summed E-state index contributed by atoms with van der Waals surface area (Å²) in [6, 6.07) is 12.3. The van der Waals surface area contributed by atoms with Crippen molar-refractivity contribution < 1.29 is 13.2 Å². The summed E-state index contributed by atoms with van der Waals surface area (Å²) in [5.74, 6) is -0.340. The van der Waals surface area contributed by atoms with Crippen molar-refractivity contribution in [1.82, 2.24) is 9.29 Å². The number of nitrogens with one attached hydrogen (secondary N) is 1. The number of rotatable bonds is 5. The number of thiazole rings is 1. The van der Waals surface area contributed by atoms with Crippen LogP contribution in [0.15, 0.2) is 52.7 Å². The largest absolute Gasteiger partial charge is 0.322 e. The first-order chi connectivity index (χ1) is 14.8. The number of sulfonamides is 1. The first-order valence-electron chi connectivity index (χ1n) is 10.3. The quantitative estimate of drug-likeness (QED) is 0.596. The average molecular weight is 456 g/mol. The monoisotopic (exact) mass is 455 g/mol. The van der Waals surface area contributed by atoms with E-state index in [0.29, 0.717) is 29.9 Å². The third-order valence-corrected chi connectivity index (χ3v) is 8.25. The molecule has 2 aromatic carbocycles. The molecule has 1 fully saturated rings. The fourth-order valence-corrected chi connectivity index (χ4v) is 6.08. The van der Waals surface area contributed by atoms with Crippen molar-refractivity contribution in [2.24, 2.45) is 0 Å². The predicted molar refractivity (Wildman–Crippen MR) is 124 cm³/mol. The highest BCUT2D eigenvalue weighted by atomic mass is 32.2. The molecule has 0 aliphatic carbocycles. The number of carbonyl (C=O) groups excluding carboxylic acids is 1. The molecule has 1 aliphatic heterocycles. The minimum absolute atomic E-state index is 0.205. The number of amides is 1. The van der Waals surface area contributed by atoms with Gasteiger partial charge < -0.3 is 5.32 Å². The molecule has 162 valence electrons. The van der Waals surface area contributed by atoms with E-state index in [0.717, 1.165) is 35.5 Å². The van der Waals surface area contributed by atoms with Crippen LogP contribution < -0.4 is 5.32 Å². The lowest BCUT2D eigenvalue weighted by atomic mass is 10.1. The Morgan fingerprint density at radius 2 is 1.74 bits per heavy atom. The second-order valence-electron chi connectivity index (χ2n) is 7.73. The standard InChI is InChI=1S/C23H25N3O3S2/c1-16-6-7-19(14-22(16)31(28,29)26-12-4-3-5-13-26)23(27)25-20-10-8-18(9-11-20)21-15-30-17(2)24-21/h6-11,14-15H,3-5,12-13H2,1-2H3,(H,25,27). The molecule has 6 nitrogen and oxygen atoms in total. The number of nitrogens with zero attached hydrogens (tertiary/aromatic N) is 2. The zero-order valence-electron chi connectivity index (χ0n) is 17.6. The van der Waals surface area contributed by atoms with Gasteiger partial charge in [0.2, 0.25) is 10.0 Å². The minimum Gasteiger partial charge on any atom is -0.322 e. The Bertz CT molecular complexity index is 1200. The molecule has 0 saturated carbocycles. The second kappa shape index (κ2) is 8.90. The van der Waals surface area contributed by atoms with Crippen LogP contribution in [0, 0.1) is 13.8 Å². The maximum atomic E-state index is 13.1. The summed E-state index contributed by atoms with van der Waals surface area (Å²) in [7, 11) is -3.61. The molecule has 0 radical (unpaired) electrons. The van der Waals surface area contributed by atoms with Crippen molar-refractivity contribution in [3.63, 3.8) is 0 Å². The van der Waals surface area contributed by atoms with Gasteiger partial charge in [-0.05, 0) is 56.5 Å². The number of aromatic nitrogens is 1. The first kappa shape index (κ1) is 21.7. The van der Waals surface area contributed by atoms with E-state index in [2.05, 4.69) is 10.3 Å². The molecule has 0 bridgehead atoms. The fraction of sp³-hybridized carbons (Fsp3) is 0.304. The highest BCUT2D eigenvalue weighted by molar-refractivity contribution is 7.89. The summed E-state index contributed by atoms with van der Waals surface area (Å²) in [6.07, 6.45) is 2.79. The summed E-state index contributed by atoms with van der Waals surface area (Å²) in [6.45, 7) is 4.79. The molecule has 1 N–H and O–H groups in total. The van der Waals surface area contributed by atoms with E-state index in [-0.39, 0.29) is 10.8 Å². The molecule has 2 heterocycles. The Labute approximate surface area is 187 Å². The highest BCUT2D eigenvalue weighted by Crippen LogP contribution is 2.26. The minimum atomic E-state index is -3.61. The van der Waals surface area contributed by atoms with Crippen molar-refractivity contribution in [3.8, 4) is 11.3 Å². The number of hydrogen-bond donors (Lipinski definition) is 1. The first-order valence-corrected chi connectivity index (χ1v) is 12.6. The van der Waals surface area contributed by atoms with E-state index in [9.17, 15) is 13.2 Å². The average Bonchev–Trinajstić information content (AvgIpc) is 3.21. The van der Waals surface area contributed by atoms with Gasteiger partial charge in [-0.15, -0.1) is 11.3 Å². The molecular weight excluding hydrogens is 430 g/mol. The number of hydrogen-bond acceptors (Lipinski definition) is 5. The maximum Gasteiger partial charge on any atom is 0.255 e. The van der Waals surface area contributed by atoms with Crippen LogP contribution in [0.3, 0.4) is 0 Å². The van der Waals surface area contributed by atoms with Crippen LogP contribution in [0.1, 0.15) is 40.2 Å². The maximum absolute atomic E-state index is 13.1. The van der Waals surface area contributed by atoms with Gasteiger partial charge in [0.15, 0.2) is 0 Å². The Morgan fingerprint density at radius 1 is 1.03 bits per heavy atom. The molecule has 0 atom stereocenters. The highest BCUT2D eigenvalue weighted by Gasteiger charge is 2.28. The Kier molecular flexibility index (Phi) is 6.22. The van der Waals surface area contributed by atoms with Crippen LogP contribution >= 0.6 is 11.3 Å². The number of anilines is 1. The Morgan fingerprint density at radius 3 is 2.39 bits per heavy atom. The van der Waals surface area contributed by atoms with E-state index >= 15 is 0 Å². The summed E-state index contributed by atoms with van der Waals surface area (Å²) in [5, 5.41) is 5.86. The lowest BCUT2D eigenvalue weighted by Crippen LogP contribution is -2.36. The lowest BCUT2D eigenvalue weighted by Gasteiger charge is -2.26. The van der Waals surface area contributed by atoms with Gasteiger partial charge in [0.05, 0.1) is 15.6 Å². The van der Waals surface area contributed by atoms with E-state index in [4.69, 9.17) is 0 Å². The molecule has 0 spiro atoms. The molecule has 1 saturated heterocycles. The van der Waals surface area contributed by atoms with E-state index in [1.807, 2.05) is 36.6 Å². The van der Waals surface area contributed by atoms with E-state index < -0.39 is 10.0 Å². The topological polar surface area (TPSA) is 79.4 Å². The number of aryl methyl sites for hydroxylation is 2. The van der Waals surface area contributed by atoms with E-state index in [1.165, 1.54) is 10.4 Å². The SMILES string of the molecule is Cc1nc(-c2ccc(NC(=O)c3ccc(C)c(S(=O)(=O)N4CCCCC4)c3)cc2)cs1. The number of piperidine rings is 1. The molecule has 1 aromatic heterocycles. The number of benzene rings is 2. The van der Waals surface area contributed by atoms with Gasteiger partial charge in [-0.3, -0.25) is 4.79 Å². The molecule has 8 heteroatoms. The van der Waals surface area contributed by atoms with E-state index in [1.54, 1.807) is 30.4 Å². The Balaban J connectivity index is 1.53. The smallest absolute Gasteiger partial charge is 0.255 e. The number of carbonyl (C=O) groups is 1. The van der Waals surface area contributed by atoms with Gasteiger partial charge in [-0.25, -0.2) is 13.4 Å². The normalized spacial score (nSPS) is 15.0. The lowest BCUT2D eigenvalue weighted by molar-refractivity contribution is 0.102. The van der Waals surface area contributed by atoms with Crippen LogP contribution in [0.5, 0.6) is 0 Å². The second-order valence-corrected chi connectivity index (χ2v) is 10.7. The van der Waals surface area contributed by atoms with Crippen LogP contribution in [0.2, 0.25) is 0 Å². The van der Waals surface area contributed by atoms with Crippen molar-refractivity contribution >= 4 is 33.0 Å². The van der Waals surface area contributed by atoms with Crippen molar-refractivity contribution in [3.05, 3.63) is 64.0 Å². The molecule has 31 heavy (non-hydrogen) atoms. The summed E-state index contributed by atoms with van der Waals surface area (Å²) in [4.78, 5) is 17.5. The Hall–Kier alpha value is -2.55. The molecule has 1 amide bonds. The van der Waals surface area contributed by atoms with Crippen LogP contribution in [0.25, 0.3) is 11.3 Å². The zero-order valence-corrected chi connectivity index (χ0v) is 19.2. The molecule has 3 aromatic rings. The van der Waals surface area contributed by atoms with Gasteiger partial charge in [0.1, 0.15) is 0 Å². The molecule has 0 unspecified atom stereocenters.